The number of anilines is 1. The molecular formula is C14H15N3OS. The molecule has 4 nitrogen and oxygen atoms in total. The SMILES string of the molecule is Cc1nsc(C)c1C(=O)Nc1cc(C2CC2)ccn1. The minimum absolute atomic E-state index is 0.121. The number of amides is 1. The first-order chi connectivity index (χ1) is 9.15. The quantitative estimate of drug-likeness (QED) is 0.933. The van der Waals surface area contributed by atoms with Gasteiger partial charge in [0.05, 0.1) is 11.3 Å². The van der Waals surface area contributed by atoms with E-state index < -0.39 is 0 Å². The second kappa shape index (κ2) is 4.74. The maximum atomic E-state index is 12.2. The minimum Gasteiger partial charge on any atom is -0.306 e. The molecule has 3 rings (SSSR count). The molecule has 2 aromatic heterocycles. The number of hydrogen-bond acceptors (Lipinski definition) is 4. The highest BCUT2D eigenvalue weighted by Crippen LogP contribution is 2.40. The van der Waals surface area contributed by atoms with Crippen LogP contribution in [0.3, 0.4) is 0 Å². The normalized spacial score (nSPS) is 14.4. The zero-order valence-electron chi connectivity index (χ0n) is 10.9. The molecule has 98 valence electrons. The van der Waals surface area contributed by atoms with Crippen molar-refractivity contribution in [1.82, 2.24) is 9.36 Å². The number of hydrogen-bond donors (Lipinski definition) is 1. The highest BCUT2D eigenvalue weighted by molar-refractivity contribution is 7.06. The van der Waals surface area contributed by atoms with Gasteiger partial charge < -0.3 is 5.32 Å². The first kappa shape index (κ1) is 12.3. The number of carbonyl (C=O) groups excluding carboxylic acids is 1. The van der Waals surface area contributed by atoms with Gasteiger partial charge in [0.1, 0.15) is 5.82 Å². The lowest BCUT2D eigenvalue weighted by Crippen LogP contribution is -2.14. The second-order valence-corrected chi connectivity index (χ2v) is 5.88. The highest BCUT2D eigenvalue weighted by Gasteiger charge is 2.24. The Morgan fingerprint density at radius 3 is 2.84 bits per heavy atom. The van der Waals surface area contributed by atoms with Crippen molar-refractivity contribution < 1.29 is 4.79 Å². The molecule has 0 radical (unpaired) electrons. The zero-order chi connectivity index (χ0) is 13.4. The average Bonchev–Trinajstić information content (AvgIpc) is 3.16. The van der Waals surface area contributed by atoms with Crippen LogP contribution in [0.4, 0.5) is 5.82 Å². The lowest BCUT2D eigenvalue weighted by atomic mass is 10.1. The molecular weight excluding hydrogens is 258 g/mol. The van der Waals surface area contributed by atoms with Crippen molar-refractivity contribution in [2.24, 2.45) is 0 Å². The van der Waals surface area contributed by atoms with Crippen LogP contribution in [0.5, 0.6) is 0 Å². The van der Waals surface area contributed by atoms with Gasteiger partial charge in [-0.05, 0) is 61.8 Å². The molecule has 5 heteroatoms. The lowest BCUT2D eigenvalue weighted by molar-refractivity contribution is 0.102. The predicted molar refractivity (Wildman–Crippen MR) is 75.8 cm³/mol. The predicted octanol–water partition coefficient (Wildman–Crippen LogP) is 3.28. The Morgan fingerprint density at radius 1 is 1.42 bits per heavy atom. The van der Waals surface area contributed by atoms with Crippen molar-refractivity contribution in [3.8, 4) is 0 Å². The summed E-state index contributed by atoms with van der Waals surface area (Å²) in [6.07, 6.45) is 4.24. The van der Waals surface area contributed by atoms with Gasteiger partial charge in [-0.1, -0.05) is 0 Å². The van der Waals surface area contributed by atoms with Gasteiger partial charge in [-0.2, -0.15) is 4.37 Å². The summed E-state index contributed by atoms with van der Waals surface area (Å²) in [4.78, 5) is 17.4. The molecule has 0 atom stereocenters. The van der Waals surface area contributed by atoms with Crippen LogP contribution in [0.15, 0.2) is 18.3 Å². The van der Waals surface area contributed by atoms with Crippen LogP contribution in [0, 0.1) is 13.8 Å². The molecule has 2 heterocycles. The van der Waals surface area contributed by atoms with E-state index in [0.717, 1.165) is 10.6 Å². The van der Waals surface area contributed by atoms with Gasteiger partial charge in [-0.3, -0.25) is 4.79 Å². The van der Waals surface area contributed by atoms with Gasteiger partial charge in [-0.25, -0.2) is 4.98 Å². The Labute approximate surface area is 116 Å². The fourth-order valence-corrected chi connectivity index (χ4v) is 2.87. The van der Waals surface area contributed by atoms with Crippen LogP contribution in [0.2, 0.25) is 0 Å². The van der Waals surface area contributed by atoms with Crippen molar-refractivity contribution in [2.75, 3.05) is 5.32 Å². The van der Waals surface area contributed by atoms with Crippen molar-refractivity contribution in [1.29, 1.82) is 0 Å². The minimum atomic E-state index is -0.121. The standard InChI is InChI=1S/C14H15N3OS/c1-8-13(9(2)19-17-8)14(18)16-12-7-11(5-6-15-12)10-3-4-10/h5-7,10H,3-4H2,1-2H3,(H,15,16,18). The molecule has 0 spiro atoms. The third kappa shape index (κ3) is 2.51. The Kier molecular flexibility index (Phi) is 3.06. The van der Waals surface area contributed by atoms with Gasteiger partial charge in [0.25, 0.3) is 5.91 Å². The molecule has 0 saturated heterocycles. The van der Waals surface area contributed by atoms with E-state index in [1.807, 2.05) is 26.0 Å². The van der Waals surface area contributed by atoms with Crippen LogP contribution in [0.25, 0.3) is 0 Å². The third-order valence-corrected chi connectivity index (χ3v) is 4.18. The molecule has 0 aromatic carbocycles. The summed E-state index contributed by atoms with van der Waals surface area (Å²) in [5.74, 6) is 1.16. The van der Waals surface area contributed by atoms with Crippen LogP contribution >= 0.6 is 11.5 Å². The second-order valence-electron chi connectivity index (χ2n) is 4.90. The van der Waals surface area contributed by atoms with Crippen molar-refractivity contribution in [3.05, 3.63) is 40.0 Å². The molecule has 0 aliphatic heterocycles. The van der Waals surface area contributed by atoms with E-state index >= 15 is 0 Å². The van der Waals surface area contributed by atoms with Gasteiger partial charge in [0.2, 0.25) is 0 Å². The van der Waals surface area contributed by atoms with Crippen molar-refractivity contribution in [2.45, 2.75) is 32.6 Å². The Morgan fingerprint density at radius 2 is 2.21 bits per heavy atom. The van der Waals surface area contributed by atoms with E-state index in [1.165, 1.54) is 29.9 Å². The number of nitrogens with zero attached hydrogens (tertiary/aromatic N) is 2. The first-order valence-corrected chi connectivity index (χ1v) is 7.12. The van der Waals surface area contributed by atoms with E-state index in [2.05, 4.69) is 14.7 Å². The summed E-state index contributed by atoms with van der Waals surface area (Å²) in [6, 6.07) is 4.00. The molecule has 1 aliphatic carbocycles. The van der Waals surface area contributed by atoms with Gasteiger partial charge in [0.15, 0.2) is 0 Å². The highest BCUT2D eigenvalue weighted by atomic mass is 32.1. The number of carbonyl (C=O) groups is 1. The molecule has 2 aromatic rings. The monoisotopic (exact) mass is 273 g/mol. The zero-order valence-corrected chi connectivity index (χ0v) is 11.8. The summed E-state index contributed by atoms with van der Waals surface area (Å²) in [6.45, 7) is 3.76. The summed E-state index contributed by atoms with van der Waals surface area (Å²) in [5, 5.41) is 2.87. The number of pyridine rings is 1. The number of aromatic nitrogens is 2. The Balaban J connectivity index is 1.81. The van der Waals surface area contributed by atoms with E-state index in [-0.39, 0.29) is 5.91 Å². The number of aryl methyl sites for hydroxylation is 2. The fraction of sp³-hybridized carbons (Fsp3) is 0.357. The molecule has 1 N–H and O–H groups in total. The summed E-state index contributed by atoms with van der Waals surface area (Å²) in [5.41, 5.74) is 2.71. The van der Waals surface area contributed by atoms with E-state index in [4.69, 9.17) is 0 Å². The van der Waals surface area contributed by atoms with Crippen molar-refractivity contribution in [3.63, 3.8) is 0 Å². The first-order valence-electron chi connectivity index (χ1n) is 6.35. The summed E-state index contributed by atoms with van der Waals surface area (Å²) >= 11 is 1.36. The van der Waals surface area contributed by atoms with Gasteiger partial charge in [0, 0.05) is 11.1 Å². The molecule has 1 amide bonds. The number of nitrogens with one attached hydrogen (secondary N) is 1. The smallest absolute Gasteiger partial charge is 0.259 e. The maximum Gasteiger partial charge on any atom is 0.259 e. The van der Waals surface area contributed by atoms with Crippen LogP contribution in [-0.2, 0) is 0 Å². The summed E-state index contributed by atoms with van der Waals surface area (Å²) in [7, 11) is 0. The van der Waals surface area contributed by atoms with Gasteiger partial charge in [-0.15, -0.1) is 0 Å². The molecule has 1 saturated carbocycles. The molecule has 19 heavy (non-hydrogen) atoms. The molecule has 0 bridgehead atoms. The molecule has 1 fully saturated rings. The molecule has 1 aliphatic rings. The largest absolute Gasteiger partial charge is 0.306 e. The topological polar surface area (TPSA) is 54.9 Å². The van der Waals surface area contributed by atoms with Crippen molar-refractivity contribution >= 4 is 23.3 Å². The fourth-order valence-electron chi connectivity index (χ4n) is 2.17. The summed E-state index contributed by atoms with van der Waals surface area (Å²) < 4.78 is 4.20. The maximum absolute atomic E-state index is 12.2. The van der Waals surface area contributed by atoms with Gasteiger partial charge >= 0.3 is 0 Å². The van der Waals surface area contributed by atoms with Crippen LogP contribution in [0.1, 0.15) is 45.3 Å². The van der Waals surface area contributed by atoms with Crippen LogP contribution < -0.4 is 5.32 Å². The van der Waals surface area contributed by atoms with E-state index in [0.29, 0.717) is 17.3 Å². The Hall–Kier alpha value is -1.75. The third-order valence-electron chi connectivity index (χ3n) is 3.33. The van der Waals surface area contributed by atoms with E-state index in [1.54, 1.807) is 6.20 Å². The van der Waals surface area contributed by atoms with E-state index in [9.17, 15) is 4.79 Å². The number of rotatable bonds is 3. The molecule has 0 unspecified atom stereocenters. The van der Waals surface area contributed by atoms with Crippen LogP contribution in [-0.4, -0.2) is 15.3 Å². The Bertz CT molecular complexity index is 612. The average molecular weight is 273 g/mol. The lowest BCUT2D eigenvalue weighted by Gasteiger charge is -2.06.